The fourth-order valence-electron chi connectivity index (χ4n) is 6.43. The molecular formula is C31H31N5O. The molecule has 1 fully saturated rings. The lowest BCUT2D eigenvalue weighted by molar-refractivity contribution is 0.0843. The van der Waals surface area contributed by atoms with E-state index in [4.69, 9.17) is 5.73 Å². The van der Waals surface area contributed by atoms with Gasteiger partial charge in [0, 0.05) is 45.7 Å². The van der Waals surface area contributed by atoms with Crippen molar-refractivity contribution in [3.8, 4) is 0 Å². The molecule has 6 nitrogen and oxygen atoms in total. The topological polar surface area (TPSA) is 89.9 Å². The first-order chi connectivity index (χ1) is 18.2. The zero-order chi connectivity index (χ0) is 24.9. The summed E-state index contributed by atoms with van der Waals surface area (Å²) in [6, 6.07) is 18.6. The molecule has 186 valence electrons. The molecule has 0 amide bonds. The number of ketones is 1. The van der Waals surface area contributed by atoms with Crippen LogP contribution in [0.2, 0.25) is 0 Å². The van der Waals surface area contributed by atoms with E-state index in [0.717, 1.165) is 76.9 Å². The van der Waals surface area contributed by atoms with Gasteiger partial charge >= 0.3 is 0 Å². The Morgan fingerprint density at radius 2 is 1.76 bits per heavy atom. The second-order valence-electron chi connectivity index (χ2n) is 10.5. The largest absolute Gasteiger partial charge is 0.397 e. The lowest BCUT2D eigenvalue weighted by Gasteiger charge is -2.36. The SMILES string of the molecule is NC1=CCC=CN2C1=C(c1cc3ccccc3[nH]1)NC2C1CCC(C(=O)c2c[nH]c3ccccc23)CC1. The molecule has 4 heterocycles. The number of aromatic amines is 2. The summed E-state index contributed by atoms with van der Waals surface area (Å²) in [4.78, 5) is 22.6. The number of nitrogens with zero attached hydrogens (tertiary/aromatic N) is 1. The maximum atomic E-state index is 13.4. The summed E-state index contributed by atoms with van der Waals surface area (Å²) in [5.74, 6) is 0.760. The monoisotopic (exact) mass is 489 g/mol. The third-order valence-corrected chi connectivity index (χ3v) is 8.34. The molecular weight excluding hydrogens is 458 g/mol. The first-order valence-electron chi connectivity index (χ1n) is 13.3. The van der Waals surface area contributed by atoms with Crippen LogP contribution in [-0.4, -0.2) is 26.8 Å². The van der Waals surface area contributed by atoms with E-state index in [0.29, 0.717) is 5.92 Å². The Kier molecular flexibility index (Phi) is 5.20. The van der Waals surface area contributed by atoms with Crippen LogP contribution in [-0.2, 0) is 0 Å². The Labute approximate surface area is 215 Å². The van der Waals surface area contributed by atoms with Crippen LogP contribution in [0.25, 0.3) is 27.5 Å². The molecule has 3 aliphatic rings. The van der Waals surface area contributed by atoms with Crippen molar-refractivity contribution in [2.24, 2.45) is 17.6 Å². The third-order valence-electron chi connectivity index (χ3n) is 8.34. The molecule has 0 bridgehead atoms. The summed E-state index contributed by atoms with van der Waals surface area (Å²) in [7, 11) is 0. The molecule has 7 rings (SSSR count). The van der Waals surface area contributed by atoms with E-state index in [-0.39, 0.29) is 17.9 Å². The molecule has 2 aliphatic heterocycles. The van der Waals surface area contributed by atoms with E-state index < -0.39 is 0 Å². The molecule has 2 aromatic carbocycles. The van der Waals surface area contributed by atoms with E-state index in [1.165, 1.54) is 5.39 Å². The van der Waals surface area contributed by atoms with Crippen molar-refractivity contribution in [3.63, 3.8) is 0 Å². The number of carbonyl (C=O) groups excluding carboxylic acids is 1. The van der Waals surface area contributed by atoms with Crippen LogP contribution in [0.4, 0.5) is 0 Å². The van der Waals surface area contributed by atoms with Gasteiger partial charge in [-0.2, -0.15) is 0 Å². The number of aromatic nitrogens is 2. The number of fused-ring (bicyclic) bond motifs is 3. The average Bonchev–Trinajstić information content (AvgIpc) is 3.62. The molecule has 1 atom stereocenters. The molecule has 2 aromatic heterocycles. The van der Waals surface area contributed by atoms with Crippen LogP contribution in [0.5, 0.6) is 0 Å². The highest BCUT2D eigenvalue weighted by atomic mass is 16.1. The van der Waals surface area contributed by atoms with Gasteiger partial charge in [-0.25, -0.2) is 0 Å². The summed E-state index contributed by atoms with van der Waals surface area (Å²) in [6.07, 6.45) is 13.1. The van der Waals surface area contributed by atoms with Crippen molar-refractivity contribution in [2.45, 2.75) is 38.3 Å². The van der Waals surface area contributed by atoms with Gasteiger partial charge in [0.1, 0.15) is 6.17 Å². The van der Waals surface area contributed by atoms with Crippen LogP contribution >= 0.6 is 0 Å². The molecule has 0 spiro atoms. The number of nitrogens with two attached hydrogens (primary N) is 1. The molecule has 37 heavy (non-hydrogen) atoms. The molecule has 0 radical (unpaired) electrons. The van der Waals surface area contributed by atoms with Gasteiger partial charge in [-0.1, -0.05) is 48.6 Å². The van der Waals surface area contributed by atoms with Gasteiger partial charge in [0.25, 0.3) is 0 Å². The van der Waals surface area contributed by atoms with Crippen LogP contribution in [0.15, 0.2) is 90.5 Å². The first kappa shape index (κ1) is 22.0. The number of para-hydroxylation sites is 2. The first-order valence-corrected chi connectivity index (χ1v) is 13.3. The smallest absolute Gasteiger partial charge is 0.168 e. The highest BCUT2D eigenvalue weighted by Crippen LogP contribution is 2.41. The Balaban J connectivity index is 1.13. The normalized spacial score (nSPS) is 23.7. The van der Waals surface area contributed by atoms with Gasteiger partial charge in [0.05, 0.1) is 22.8 Å². The van der Waals surface area contributed by atoms with E-state index in [1.54, 1.807) is 0 Å². The minimum absolute atomic E-state index is 0.0714. The fourth-order valence-corrected chi connectivity index (χ4v) is 6.43. The highest BCUT2D eigenvalue weighted by Gasteiger charge is 2.40. The van der Waals surface area contributed by atoms with Crippen molar-refractivity contribution >= 4 is 33.3 Å². The van der Waals surface area contributed by atoms with Crippen LogP contribution in [0.1, 0.15) is 48.2 Å². The minimum atomic E-state index is 0.0714. The molecule has 4 aromatic rings. The van der Waals surface area contributed by atoms with Gasteiger partial charge < -0.3 is 25.9 Å². The standard InChI is InChI=1S/C31H31N5O/c32-24-9-5-6-16-36-29(24)28(27-17-21-7-1-3-10-25(21)34-27)35-31(36)20-14-12-19(13-15-20)30(37)23-18-33-26-11-4-2-8-22(23)26/h1-4,6-11,16-20,31,33-35H,5,12-15,32H2. The molecule has 0 saturated heterocycles. The van der Waals surface area contributed by atoms with Crippen LogP contribution < -0.4 is 11.1 Å². The Hall–Kier alpha value is -4.19. The lowest BCUT2D eigenvalue weighted by Crippen LogP contribution is -2.43. The van der Waals surface area contributed by atoms with Crippen molar-refractivity contribution in [1.82, 2.24) is 20.2 Å². The number of Topliss-reactive ketones (excluding diaryl/α,β-unsaturated/α-hetero) is 1. The summed E-state index contributed by atoms with van der Waals surface area (Å²) >= 11 is 0. The lowest BCUT2D eigenvalue weighted by atomic mass is 9.77. The number of hydrogen-bond acceptors (Lipinski definition) is 4. The fraction of sp³-hybridized carbons (Fsp3) is 0.258. The molecule has 5 N–H and O–H groups in total. The molecule has 1 unspecified atom stereocenters. The Bertz CT molecular complexity index is 1560. The number of hydrogen-bond donors (Lipinski definition) is 4. The number of carbonyl (C=O) groups is 1. The number of nitrogens with one attached hydrogen (secondary N) is 3. The number of H-pyrrole nitrogens is 2. The summed E-state index contributed by atoms with van der Waals surface area (Å²) < 4.78 is 0. The zero-order valence-corrected chi connectivity index (χ0v) is 20.7. The van der Waals surface area contributed by atoms with Crippen molar-refractivity contribution in [3.05, 3.63) is 102 Å². The van der Waals surface area contributed by atoms with Gasteiger partial charge in [-0.15, -0.1) is 0 Å². The summed E-state index contributed by atoms with van der Waals surface area (Å²) in [5.41, 5.74) is 13.5. The second kappa shape index (κ2) is 8.73. The second-order valence-corrected chi connectivity index (χ2v) is 10.5. The van der Waals surface area contributed by atoms with Gasteiger partial charge in [-0.3, -0.25) is 4.79 Å². The van der Waals surface area contributed by atoms with Gasteiger partial charge in [0.2, 0.25) is 0 Å². The van der Waals surface area contributed by atoms with Crippen molar-refractivity contribution in [1.29, 1.82) is 0 Å². The molecule has 1 aliphatic carbocycles. The van der Waals surface area contributed by atoms with Gasteiger partial charge in [-0.05, 0) is 56.2 Å². The van der Waals surface area contributed by atoms with E-state index in [1.807, 2.05) is 30.5 Å². The minimum Gasteiger partial charge on any atom is -0.397 e. The number of benzene rings is 2. The predicted octanol–water partition coefficient (Wildman–Crippen LogP) is 6.00. The maximum Gasteiger partial charge on any atom is 0.168 e. The summed E-state index contributed by atoms with van der Waals surface area (Å²) in [6.45, 7) is 0. The quantitative estimate of drug-likeness (QED) is 0.265. The Morgan fingerprint density at radius 1 is 0.973 bits per heavy atom. The van der Waals surface area contributed by atoms with Crippen molar-refractivity contribution < 1.29 is 4.79 Å². The number of allylic oxidation sites excluding steroid dienone is 2. The maximum absolute atomic E-state index is 13.4. The Morgan fingerprint density at radius 3 is 2.59 bits per heavy atom. The van der Waals surface area contributed by atoms with E-state index in [2.05, 4.69) is 68.9 Å². The molecule has 1 saturated carbocycles. The van der Waals surface area contributed by atoms with E-state index >= 15 is 0 Å². The molecule has 6 heteroatoms. The van der Waals surface area contributed by atoms with E-state index in [9.17, 15) is 4.79 Å². The van der Waals surface area contributed by atoms with Gasteiger partial charge in [0.15, 0.2) is 5.78 Å². The third kappa shape index (κ3) is 3.67. The zero-order valence-electron chi connectivity index (χ0n) is 20.7. The van der Waals surface area contributed by atoms with Crippen LogP contribution in [0.3, 0.4) is 0 Å². The average molecular weight is 490 g/mol. The summed E-state index contributed by atoms with van der Waals surface area (Å²) in [5, 5.41) is 6.06. The highest BCUT2D eigenvalue weighted by molar-refractivity contribution is 6.08. The van der Waals surface area contributed by atoms with Crippen molar-refractivity contribution in [2.75, 3.05) is 0 Å². The van der Waals surface area contributed by atoms with Crippen LogP contribution in [0, 0.1) is 11.8 Å². The number of rotatable bonds is 4. The predicted molar refractivity (Wildman–Crippen MR) is 148 cm³/mol.